The van der Waals surface area contributed by atoms with Crippen molar-refractivity contribution in [3.8, 4) is 16.2 Å². The predicted octanol–water partition coefficient (Wildman–Crippen LogP) is 4.62. The van der Waals surface area contributed by atoms with Crippen LogP contribution < -0.4 is 4.74 Å². The average Bonchev–Trinajstić information content (AvgIpc) is 3.10. The smallest absolute Gasteiger partial charge is 0.125 e. The van der Waals surface area contributed by atoms with E-state index in [-0.39, 0.29) is 0 Å². The highest BCUT2D eigenvalue weighted by molar-refractivity contribution is 7.99. The number of aryl methyl sites for hydroxylation is 1. The van der Waals surface area contributed by atoms with Gasteiger partial charge in [0.25, 0.3) is 0 Å². The highest BCUT2D eigenvalue weighted by Gasteiger charge is 2.15. The Morgan fingerprint density at radius 1 is 1.15 bits per heavy atom. The van der Waals surface area contributed by atoms with E-state index in [1.165, 1.54) is 32.2 Å². The predicted molar refractivity (Wildman–Crippen MR) is 86.0 cm³/mol. The second-order valence-corrected chi connectivity index (χ2v) is 6.90. The molecule has 0 fully saturated rings. The Balaban J connectivity index is 1.80. The summed E-state index contributed by atoms with van der Waals surface area (Å²) >= 11 is 3.64. The minimum Gasteiger partial charge on any atom is -0.497 e. The summed E-state index contributed by atoms with van der Waals surface area (Å²) in [6.07, 6.45) is 1.15. The summed E-state index contributed by atoms with van der Waals surface area (Å²) in [5.41, 5.74) is 2.63. The van der Waals surface area contributed by atoms with Crippen molar-refractivity contribution in [1.82, 2.24) is 4.98 Å². The summed E-state index contributed by atoms with van der Waals surface area (Å²) in [5.74, 6) is 2.06. The van der Waals surface area contributed by atoms with E-state index in [9.17, 15) is 0 Å². The minimum absolute atomic E-state index is 0.892. The molecule has 1 aromatic carbocycles. The largest absolute Gasteiger partial charge is 0.497 e. The van der Waals surface area contributed by atoms with Gasteiger partial charge < -0.3 is 4.74 Å². The molecule has 0 saturated heterocycles. The molecule has 20 heavy (non-hydrogen) atoms. The van der Waals surface area contributed by atoms with E-state index in [1.54, 1.807) is 18.4 Å². The second-order valence-electron chi connectivity index (χ2n) is 4.78. The molecule has 2 nitrogen and oxygen atoms in total. The molecule has 0 aliphatic carbocycles. The molecule has 100 valence electrons. The lowest BCUT2D eigenvalue weighted by Gasteiger charge is -2.00. The van der Waals surface area contributed by atoms with E-state index >= 15 is 0 Å². The maximum atomic E-state index is 5.21. The fraction of sp³-hybridized carbons (Fsp3) is 0.188. The Morgan fingerprint density at radius 2 is 2.00 bits per heavy atom. The first-order valence-electron chi connectivity index (χ1n) is 6.54. The molecule has 0 radical (unpaired) electrons. The lowest BCUT2D eigenvalue weighted by molar-refractivity contribution is 0.415. The summed E-state index contributed by atoms with van der Waals surface area (Å²) in [5, 5.41) is 2.49. The number of nitrogens with zero attached hydrogens (tertiary/aromatic N) is 1. The standard InChI is InChI=1S/C16H13NOS2/c1-18-13-4-2-10(3-5-13)14-9-12-8-11-6-7-19-15(11)17-16(12)20-14/h2-5,8-9H,6-7H2,1H3. The highest BCUT2D eigenvalue weighted by atomic mass is 32.2. The monoisotopic (exact) mass is 299 g/mol. The van der Waals surface area contributed by atoms with Crippen LogP contribution in [0, 0.1) is 0 Å². The van der Waals surface area contributed by atoms with Crippen molar-refractivity contribution in [3.05, 3.63) is 42.0 Å². The number of ether oxygens (including phenoxy) is 1. The molecule has 1 aliphatic heterocycles. The van der Waals surface area contributed by atoms with Crippen LogP contribution in [0.15, 0.2) is 41.4 Å². The van der Waals surface area contributed by atoms with E-state index in [0.717, 1.165) is 17.0 Å². The van der Waals surface area contributed by atoms with Gasteiger partial charge in [-0.2, -0.15) is 0 Å². The van der Waals surface area contributed by atoms with Crippen molar-refractivity contribution in [2.75, 3.05) is 12.9 Å². The molecule has 0 bridgehead atoms. The van der Waals surface area contributed by atoms with Crippen molar-refractivity contribution in [2.45, 2.75) is 11.4 Å². The molecule has 3 heterocycles. The van der Waals surface area contributed by atoms with Crippen LogP contribution >= 0.6 is 23.1 Å². The minimum atomic E-state index is 0.892. The van der Waals surface area contributed by atoms with Gasteiger partial charge in [0.05, 0.1) is 7.11 Å². The van der Waals surface area contributed by atoms with Crippen molar-refractivity contribution in [3.63, 3.8) is 0 Å². The summed E-state index contributed by atoms with van der Waals surface area (Å²) in [6.45, 7) is 0. The number of pyridine rings is 1. The fourth-order valence-corrected chi connectivity index (χ4v) is 4.56. The summed E-state index contributed by atoms with van der Waals surface area (Å²) in [7, 11) is 1.69. The van der Waals surface area contributed by atoms with Gasteiger partial charge in [-0.25, -0.2) is 4.98 Å². The fourth-order valence-electron chi connectivity index (χ4n) is 2.46. The number of rotatable bonds is 2. The number of benzene rings is 1. The number of hydrogen-bond acceptors (Lipinski definition) is 4. The maximum Gasteiger partial charge on any atom is 0.125 e. The van der Waals surface area contributed by atoms with Crippen LogP contribution in [0.1, 0.15) is 5.56 Å². The van der Waals surface area contributed by atoms with Gasteiger partial charge in [0.2, 0.25) is 0 Å². The number of hydrogen-bond donors (Lipinski definition) is 0. The molecule has 3 aromatic rings. The van der Waals surface area contributed by atoms with Crippen molar-refractivity contribution in [2.24, 2.45) is 0 Å². The molecule has 0 amide bonds. The third kappa shape index (κ3) is 2.00. The Morgan fingerprint density at radius 3 is 2.80 bits per heavy atom. The maximum absolute atomic E-state index is 5.21. The van der Waals surface area contributed by atoms with E-state index in [1.807, 2.05) is 23.9 Å². The van der Waals surface area contributed by atoms with Crippen molar-refractivity contribution >= 4 is 33.3 Å². The van der Waals surface area contributed by atoms with Gasteiger partial charge in [-0.05, 0) is 53.9 Å². The number of fused-ring (bicyclic) bond motifs is 2. The molecule has 0 saturated carbocycles. The number of aromatic nitrogens is 1. The molecular formula is C16H13NOS2. The Kier molecular flexibility index (Phi) is 2.93. The SMILES string of the molecule is COc1ccc(-c2cc3cc4c(nc3s2)SCC4)cc1. The van der Waals surface area contributed by atoms with Crippen LogP contribution in [0.5, 0.6) is 5.75 Å². The quantitative estimate of drug-likeness (QED) is 0.689. The topological polar surface area (TPSA) is 22.1 Å². The number of methoxy groups -OCH3 is 1. The molecule has 2 aromatic heterocycles. The summed E-state index contributed by atoms with van der Waals surface area (Å²) in [4.78, 5) is 7.20. The number of thiophene rings is 1. The molecule has 0 unspecified atom stereocenters. The number of thioether (sulfide) groups is 1. The first-order valence-corrected chi connectivity index (χ1v) is 8.34. The van der Waals surface area contributed by atoms with Crippen LogP contribution in [0.25, 0.3) is 20.7 Å². The lowest BCUT2D eigenvalue weighted by Crippen LogP contribution is -1.82. The normalized spacial score (nSPS) is 13.7. The third-order valence-electron chi connectivity index (χ3n) is 3.53. The summed E-state index contributed by atoms with van der Waals surface area (Å²) < 4.78 is 5.21. The molecule has 4 heteroatoms. The van der Waals surface area contributed by atoms with E-state index in [4.69, 9.17) is 9.72 Å². The first-order chi connectivity index (χ1) is 9.83. The Bertz CT molecular complexity index is 736. The van der Waals surface area contributed by atoms with Crippen LogP contribution in [-0.4, -0.2) is 17.8 Å². The van der Waals surface area contributed by atoms with Gasteiger partial charge in [0.15, 0.2) is 0 Å². The molecule has 0 atom stereocenters. The lowest BCUT2D eigenvalue weighted by atomic mass is 10.1. The van der Waals surface area contributed by atoms with E-state index < -0.39 is 0 Å². The highest BCUT2D eigenvalue weighted by Crippen LogP contribution is 2.38. The molecule has 4 rings (SSSR count). The van der Waals surface area contributed by atoms with Gasteiger partial charge >= 0.3 is 0 Å². The van der Waals surface area contributed by atoms with Crippen molar-refractivity contribution < 1.29 is 4.74 Å². The first kappa shape index (κ1) is 12.2. The van der Waals surface area contributed by atoms with E-state index in [2.05, 4.69) is 24.3 Å². The van der Waals surface area contributed by atoms with Crippen molar-refractivity contribution in [1.29, 1.82) is 0 Å². The molecule has 1 aliphatic rings. The zero-order valence-corrected chi connectivity index (χ0v) is 12.7. The average molecular weight is 299 g/mol. The van der Waals surface area contributed by atoms with Gasteiger partial charge in [-0.1, -0.05) is 0 Å². The van der Waals surface area contributed by atoms with Gasteiger partial charge in [0, 0.05) is 16.0 Å². The zero-order chi connectivity index (χ0) is 13.5. The molecule has 0 N–H and O–H groups in total. The molecule has 0 spiro atoms. The van der Waals surface area contributed by atoms with Gasteiger partial charge in [-0.15, -0.1) is 23.1 Å². The van der Waals surface area contributed by atoms with Crippen LogP contribution in [0.2, 0.25) is 0 Å². The Labute approximate surface area is 125 Å². The van der Waals surface area contributed by atoms with Crippen LogP contribution in [0.4, 0.5) is 0 Å². The van der Waals surface area contributed by atoms with E-state index in [0.29, 0.717) is 0 Å². The van der Waals surface area contributed by atoms with Crippen LogP contribution in [-0.2, 0) is 6.42 Å². The van der Waals surface area contributed by atoms with Gasteiger partial charge in [0.1, 0.15) is 15.6 Å². The summed E-state index contributed by atoms with van der Waals surface area (Å²) in [6, 6.07) is 12.8. The second kappa shape index (κ2) is 4.79. The zero-order valence-electron chi connectivity index (χ0n) is 11.1. The molecular weight excluding hydrogens is 286 g/mol. The van der Waals surface area contributed by atoms with Crippen LogP contribution in [0.3, 0.4) is 0 Å². The Hall–Kier alpha value is -1.52. The van der Waals surface area contributed by atoms with Gasteiger partial charge in [-0.3, -0.25) is 0 Å². The third-order valence-corrected chi connectivity index (χ3v) is 5.66.